The number of rotatable bonds is 4. The number of nitrogens with zero attached hydrogens (tertiary/aromatic N) is 1. The standard InChI is InChI=1S/C30H21F4N3O/c1-18-8-2-3-11-21(18)23-17-35-28-22(12-7-13-24(28)30(32,33)34)27(23)19-9-6-10-20(16-19)36-29(38)37-26-15-5-4-14-25(26)31/h2-17H,1H3,(H2,36,37,38). The van der Waals surface area contributed by atoms with Crippen molar-refractivity contribution < 1.29 is 22.4 Å². The van der Waals surface area contributed by atoms with Gasteiger partial charge in [0.05, 0.1) is 16.8 Å². The summed E-state index contributed by atoms with van der Waals surface area (Å²) in [5.41, 5.74) is 2.95. The summed E-state index contributed by atoms with van der Waals surface area (Å²) in [6.07, 6.45) is -3.12. The van der Waals surface area contributed by atoms with Crippen LogP contribution >= 0.6 is 0 Å². The van der Waals surface area contributed by atoms with Crippen LogP contribution in [0.3, 0.4) is 0 Å². The lowest BCUT2D eigenvalue weighted by Gasteiger charge is -2.18. The average molecular weight is 516 g/mol. The molecule has 2 N–H and O–H groups in total. The average Bonchev–Trinajstić information content (AvgIpc) is 2.89. The van der Waals surface area contributed by atoms with E-state index in [1.807, 2.05) is 31.2 Å². The van der Waals surface area contributed by atoms with E-state index in [0.29, 0.717) is 27.8 Å². The van der Waals surface area contributed by atoms with Gasteiger partial charge < -0.3 is 10.6 Å². The lowest BCUT2D eigenvalue weighted by Crippen LogP contribution is -2.20. The number of halogens is 4. The van der Waals surface area contributed by atoms with Crippen LogP contribution in [0.5, 0.6) is 0 Å². The van der Waals surface area contributed by atoms with Crippen LogP contribution in [0.25, 0.3) is 33.2 Å². The maximum absolute atomic E-state index is 13.9. The largest absolute Gasteiger partial charge is 0.418 e. The van der Waals surface area contributed by atoms with Gasteiger partial charge in [0.2, 0.25) is 0 Å². The minimum absolute atomic E-state index is 0.0165. The molecule has 0 radical (unpaired) electrons. The van der Waals surface area contributed by atoms with E-state index in [9.17, 15) is 22.4 Å². The van der Waals surface area contributed by atoms with E-state index in [-0.39, 0.29) is 11.2 Å². The molecule has 0 aliphatic rings. The number of fused-ring (bicyclic) bond motifs is 1. The van der Waals surface area contributed by atoms with E-state index < -0.39 is 23.6 Å². The quantitative estimate of drug-likeness (QED) is 0.235. The molecule has 0 aliphatic carbocycles. The van der Waals surface area contributed by atoms with Gasteiger partial charge in [0.25, 0.3) is 0 Å². The Labute approximate surface area is 216 Å². The summed E-state index contributed by atoms with van der Waals surface area (Å²) in [6.45, 7) is 1.92. The van der Waals surface area contributed by atoms with Crippen LogP contribution in [0, 0.1) is 12.7 Å². The van der Waals surface area contributed by atoms with Crippen LogP contribution in [0.1, 0.15) is 11.1 Å². The minimum atomic E-state index is -4.58. The zero-order valence-electron chi connectivity index (χ0n) is 20.1. The summed E-state index contributed by atoms with van der Waals surface area (Å²) in [6, 6.07) is 23.4. The Hall–Kier alpha value is -4.72. The fourth-order valence-corrected chi connectivity index (χ4v) is 4.44. The Morgan fingerprint density at radius 2 is 1.55 bits per heavy atom. The Balaban J connectivity index is 1.63. The summed E-state index contributed by atoms with van der Waals surface area (Å²) in [5.74, 6) is -0.581. The predicted molar refractivity (Wildman–Crippen MR) is 141 cm³/mol. The van der Waals surface area contributed by atoms with Gasteiger partial charge >= 0.3 is 12.2 Å². The maximum Gasteiger partial charge on any atom is 0.418 e. The fraction of sp³-hybridized carbons (Fsp3) is 0.0667. The molecule has 0 saturated heterocycles. The summed E-state index contributed by atoms with van der Waals surface area (Å²) in [4.78, 5) is 16.8. The summed E-state index contributed by atoms with van der Waals surface area (Å²) in [5, 5.41) is 5.45. The number of anilines is 2. The number of benzene rings is 4. The highest BCUT2D eigenvalue weighted by atomic mass is 19.4. The number of carbonyl (C=O) groups is 1. The molecule has 0 spiro atoms. The monoisotopic (exact) mass is 515 g/mol. The molecule has 5 rings (SSSR count). The van der Waals surface area contributed by atoms with Gasteiger partial charge in [-0.05, 0) is 53.9 Å². The van der Waals surface area contributed by atoms with Gasteiger partial charge in [0.15, 0.2) is 0 Å². The van der Waals surface area contributed by atoms with E-state index in [1.165, 1.54) is 30.5 Å². The molecule has 5 aromatic rings. The van der Waals surface area contributed by atoms with E-state index >= 15 is 0 Å². The van der Waals surface area contributed by atoms with Crippen molar-refractivity contribution in [2.45, 2.75) is 13.1 Å². The van der Waals surface area contributed by atoms with Crippen LogP contribution in [0.2, 0.25) is 0 Å². The first kappa shape index (κ1) is 25.0. The lowest BCUT2D eigenvalue weighted by atomic mass is 9.90. The van der Waals surface area contributed by atoms with Gasteiger partial charge in [-0.2, -0.15) is 13.2 Å². The van der Waals surface area contributed by atoms with Crippen molar-refractivity contribution in [1.82, 2.24) is 4.98 Å². The van der Waals surface area contributed by atoms with Crippen molar-refractivity contribution >= 4 is 28.3 Å². The number of amides is 2. The van der Waals surface area contributed by atoms with E-state index in [0.717, 1.165) is 17.2 Å². The third-order valence-corrected chi connectivity index (χ3v) is 6.17. The summed E-state index contributed by atoms with van der Waals surface area (Å²) in [7, 11) is 0. The topological polar surface area (TPSA) is 54.0 Å². The zero-order valence-corrected chi connectivity index (χ0v) is 20.1. The maximum atomic E-state index is 13.9. The van der Waals surface area contributed by atoms with Crippen LogP contribution in [0.15, 0.2) is 97.2 Å². The third-order valence-electron chi connectivity index (χ3n) is 6.17. The highest BCUT2D eigenvalue weighted by Crippen LogP contribution is 2.42. The van der Waals surface area contributed by atoms with Gasteiger partial charge in [-0.1, -0.05) is 60.7 Å². The lowest BCUT2D eigenvalue weighted by molar-refractivity contribution is -0.136. The predicted octanol–water partition coefficient (Wildman–Crippen LogP) is 8.68. The van der Waals surface area contributed by atoms with Gasteiger partial charge in [-0.25, -0.2) is 9.18 Å². The highest BCUT2D eigenvalue weighted by molar-refractivity contribution is 6.05. The molecule has 0 bridgehead atoms. The van der Waals surface area contributed by atoms with E-state index in [2.05, 4.69) is 15.6 Å². The molecular weight excluding hydrogens is 494 g/mol. The number of para-hydroxylation sites is 2. The molecule has 0 saturated carbocycles. The second-order valence-electron chi connectivity index (χ2n) is 8.70. The van der Waals surface area contributed by atoms with Gasteiger partial charge in [0, 0.05) is 28.4 Å². The van der Waals surface area contributed by atoms with E-state index in [4.69, 9.17) is 0 Å². The molecule has 8 heteroatoms. The first-order valence-electron chi connectivity index (χ1n) is 11.7. The van der Waals surface area contributed by atoms with Crippen molar-refractivity contribution in [1.29, 1.82) is 0 Å². The number of hydrogen-bond donors (Lipinski definition) is 2. The Morgan fingerprint density at radius 3 is 2.32 bits per heavy atom. The van der Waals surface area contributed by atoms with Crippen molar-refractivity contribution in [3.05, 3.63) is 114 Å². The molecule has 0 aliphatic heterocycles. The Morgan fingerprint density at radius 1 is 0.816 bits per heavy atom. The van der Waals surface area contributed by atoms with Gasteiger partial charge in [-0.15, -0.1) is 0 Å². The van der Waals surface area contributed by atoms with Gasteiger partial charge in [-0.3, -0.25) is 4.98 Å². The Kier molecular flexibility index (Phi) is 6.55. The minimum Gasteiger partial charge on any atom is -0.308 e. The normalized spacial score (nSPS) is 11.4. The van der Waals surface area contributed by atoms with Crippen molar-refractivity contribution in [2.75, 3.05) is 10.6 Å². The molecule has 2 amide bonds. The number of alkyl halides is 3. The van der Waals surface area contributed by atoms with Crippen LogP contribution in [-0.4, -0.2) is 11.0 Å². The van der Waals surface area contributed by atoms with Crippen molar-refractivity contribution in [2.24, 2.45) is 0 Å². The van der Waals surface area contributed by atoms with E-state index in [1.54, 1.807) is 36.4 Å². The fourth-order valence-electron chi connectivity index (χ4n) is 4.44. The second kappa shape index (κ2) is 9.97. The number of carbonyl (C=O) groups excluding carboxylic acids is 1. The number of aromatic nitrogens is 1. The second-order valence-corrected chi connectivity index (χ2v) is 8.70. The SMILES string of the molecule is Cc1ccccc1-c1cnc2c(C(F)(F)F)cccc2c1-c1cccc(NC(=O)Nc2ccccc2F)c1. The molecule has 1 heterocycles. The Bertz CT molecular complexity index is 1660. The molecule has 0 atom stereocenters. The van der Waals surface area contributed by atoms with Crippen molar-refractivity contribution in [3.63, 3.8) is 0 Å². The molecule has 38 heavy (non-hydrogen) atoms. The number of urea groups is 1. The summed E-state index contributed by atoms with van der Waals surface area (Å²) < 4.78 is 55.4. The number of pyridine rings is 1. The molecular formula is C30H21F4N3O. The van der Waals surface area contributed by atoms with Crippen LogP contribution in [0.4, 0.5) is 33.7 Å². The zero-order chi connectivity index (χ0) is 26.9. The molecule has 0 fully saturated rings. The number of hydrogen-bond acceptors (Lipinski definition) is 2. The molecule has 190 valence electrons. The smallest absolute Gasteiger partial charge is 0.308 e. The number of aryl methyl sites for hydroxylation is 1. The van der Waals surface area contributed by atoms with Crippen LogP contribution in [-0.2, 0) is 6.18 Å². The van der Waals surface area contributed by atoms with Crippen molar-refractivity contribution in [3.8, 4) is 22.3 Å². The molecule has 0 unspecified atom stereocenters. The molecule has 4 nitrogen and oxygen atoms in total. The number of nitrogens with one attached hydrogen (secondary N) is 2. The molecule has 1 aromatic heterocycles. The first-order chi connectivity index (χ1) is 18.2. The van der Waals surface area contributed by atoms with Crippen LogP contribution < -0.4 is 10.6 Å². The van der Waals surface area contributed by atoms with Gasteiger partial charge in [0.1, 0.15) is 5.82 Å². The first-order valence-corrected chi connectivity index (χ1v) is 11.7. The third kappa shape index (κ3) is 4.93. The highest BCUT2D eigenvalue weighted by Gasteiger charge is 2.33. The molecule has 4 aromatic carbocycles. The summed E-state index contributed by atoms with van der Waals surface area (Å²) >= 11 is 0.